The summed E-state index contributed by atoms with van der Waals surface area (Å²) < 4.78 is 0. The Morgan fingerprint density at radius 1 is 1.00 bits per heavy atom. The summed E-state index contributed by atoms with van der Waals surface area (Å²) in [6.07, 6.45) is 0. The van der Waals surface area contributed by atoms with Crippen molar-refractivity contribution in [1.82, 2.24) is 14.7 Å². The summed E-state index contributed by atoms with van der Waals surface area (Å²) in [6, 6.07) is 0. The Kier molecular flexibility index (Phi) is 7.04. The van der Waals surface area contributed by atoms with Crippen molar-refractivity contribution in [3.05, 3.63) is 0 Å². The molecule has 2 aliphatic heterocycles. The Bertz CT molecular complexity index is 187. The summed E-state index contributed by atoms with van der Waals surface area (Å²) in [6.45, 7) is 13.7. The van der Waals surface area contributed by atoms with Crippen LogP contribution in [0.4, 0.5) is 0 Å². The summed E-state index contributed by atoms with van der Waals surface area (Å²) in [7, 11) is 2.20. The quantitative estimate of drug-likeness (QED) is 0.763. The first-order chi connectivity index (χ1) is 8.28. The van der Waals surface area contributed by atoms with Crippen LogP contribution in [-0.4, -0.2) is 85.8 Å². The highest BCUT2D eigenvalue weighted by molar-refractivity contribution is 4.83. The Hall–Kier alpha value is -0.160. The molecule has 0 aromatic rings. The molecule has 2 aliphatic rings. The van der Waals surface area contributed by atoms with E-state index in [0.29, 0.717) is 6.61 Å². The van der Waals surface area contributed by atoms with E-state index in [1.165, 1.54) is 45.8 Å². The van der Waals surface area contributed by atoms with Crippen molar-refractivity contribution in [1.29, 1.82) is 0 Å². The Morgan fingerprint density at radius 2 is 1.59 bits per heavy atom. The van der Waals surface area contributed by atoms with Gasteiger partial charge in [0.05, 0.1) is 6.61 Å². The van der Waals surface area contributed by atoms with E-state index in [-0.39, 0.29) is 0 Å². The molecule has 0 bridgehead atoms. The van der Waals surface area contributed by atoms with Crippen LogP contribution in [0.15, 0.2) is 0 Å². The summed E-state index contributed by atoms with van der Waals surface area (Å²) >= 11 is 0. The number of hydrogen-bond donors (Lipinski definition) is 1. The van der Waals surface area contributed by atoms with E-state index in [1.807, 2.05) is 13.8 Å². The van der Waals surface area contributed by atoms with Crippen molar-refractivity contribution in [2.75, 3.05) is 66.0 Å². The van der Waals surface area contributed by atoms with Crippen LogP contribution in [0.2, 0.25) is 0 Å². The zero-order chi connectivity index (χ0) is 12.7. The molecule has 4 heteroatoms. The van der Waals surface area contributed by atoms with E-state index >= 15 is 0 Å². The third-order valence-corrected chi connectivity index (χ3v) is 3.56. The molecular weight excluding hydrogens is 214 g/mol. The summed E-state index contributed by atoms with van der Waals surface area (Å²) in [4.78, 5) is 7.32. The third kappa shape index (κ3) is 4.92. The normalized spacial score (nSPS) is 24.0. The fraction of sp³-hybridized carbons (Fsp3) is 1.00. The van der Waals surface area contributed by atoms with Gasteiger partial charge in [0.25, 0.3) is 0 Å². The molecule has 0 atom stereocenters. The molecule has 2 fully saturated rings. The van der Waals surface area contributed by atoms with Crippen molar-refractivity contribution in [3.63, 3.8) is 0 Å². The second kappa shape index (κ2) is 8.03. The fourth-order valence-electron chi connectivity index (χ4n) is 2.51. The van der Waals surface area contributed by atoms with Gasteiger partial charge in [-0.25, -0.2) is 0 Å². The number of β-amino-alcohol motifs (C(OH)–C–C–N with tert-alkyl or cyclic N) is 1. The largest absolute Gasteiger partial charge is 0.395 e. The van der Waals surface area contributed by atoms with Gasteiger partial charge < -0.3 is 19.8 Å². The van der Waals surface area contributed by atoms with Gasteiger partial charge in [0.15, 0.2) is 0 Å². The fourth-order valence-corrected chi connectivity index (χ4v) is 2.51. The second-order valence-electron chi connectivity index (χ2n) is 4.95. The van der Waals surface area contributed by atoms with Gasteiger partial charge in [-0.05, 0) is 13.0 Å². The summed E-state index contributed by atoms with van der Waals surface area (Å²) in [5, 5.41) is 8.78. The van der Waals surface area contributed by atoms with Gasteiger partial charge in [-0.1, -0.05) is 13.8 Å². The van der Waals surface area contributed by atoms with Crippen LogP contribution in [0.3, 0.4) is 0 Å². The van der Waals surface area contributed by atoms with Gasteiger partial charge in [-0.3, -0.25) is 0 Å². The molecular formula is C13H29N3O. The van der Waals surface area contributed by atoms with Crippen LogP contribution in [0.25, 0.3) is 0 Å². The van der Waals surface area contributed by atoms with Crippen LogP contribution in [-0.2, 0) is 0 Å². The van der Waals surface area contributed by atoms with Gasteiger partial charge in [0.1, 0.15) is 0 Å². The smallest absolute Gasteiger partial charge is 0.0558 e. The Morgan fingerprint density at radius 3 is 2.12 bits per heavy atom. The minimum Gasteiger partial charge on any atom is -0.395 e. The van der Waals surface area contributed by atoms with Crippen LogP contribution < -0.4 is 0 Å². The van der Waals surface area contributed by atoms with E-state index in [4.69, 9.17) is 5.11 Å². The lowest BCUT2D eigenvalue weighted by atomic mass is 9.99. The maximum Gasteiger partial charge on any atom is 0.0558 e. The zero-order valence-electron chi connectivity index (χ0n) is 11.7. The number of piperazine rings is 1. The SMILES string of the molecule is CC.CN1CCN(CC2CN(CCO)C2)CC1. The second-order valence-corrected chi connectivity index (χ2v) is 4.95. The van der Waals surface area contributed by atoms with Gasteiger partial charge >= 0.3 is 0 Å². The summed E-state index contributed by atoms with van der Waals surface area (Å²) in [5.74, 6) is 0.847. The number of aliphatic hydroxyl groups is 1. The molecule has 17 heavy (non-hydrogen) atoms. The van der Waals surface area contributed by atoms with E-state index in [1.54, 1.807) is 0 Å². The summed E-state index contributed by atoms with van der Waals surface area (Å²) in [5.41, 5.74) is 0. The van der Waals surface area contributed by atoms with Gasteiger partial charge in [-0.15, -0.1) is 0 Å². The van der Waals surface area contributed by atoms with Crippen molar-refractivity contribution in [2.24, 2.45) is 5.92 Å². The molecule has 0 unspecified atom stereocenters. The van der Waals surface area contributed by atoms with Crippen LogP contribution >= 0.6 is 0 Å². The standard InChI is InChI=1S/C11H23N3O.C2H6/c1-12-2-4-13(5-3-12)8-11-9-14(10-11)6-7-15;1-2/h11,15H,2-10H2,1H3;1-2H3. The first-order valence-electron chi connectivity index (χ1n) is 7.02. The highest BCUT2D eigenvalue weighted by Gasteiger charge is 2.28. The lowest BCUT2D eigenvalue weighted by molar-refractivity contribution is 0.0403. The van der Waals surface area contributed by atoms with E-state index in [9.17, 15) is 0 Å². The van der Waals surface area contributed by atoms with Crippen molar-refractivity contribution < 1.29 is 5.11 Å². The number of nitrogens with zero attached hydrogens (tertiary/aromatic N) is 3. The molecule has 0 saturated carbocycles. The lowest BCUT2D eigenvalue weighted by Crippen LogP contribution is -2.54. The maximum absolute atomic E-state index is 8.78. The van der Waals surface area contributed by atoms with Crippen molar-refractivity contribution in [2.45, 2.75) is 13.8 Å². The number of aliphatic hydroxyl groups excluding tert-OH is 1. The van der Waals surface area contributed by atoms with Gasteiger partial charge in [-0.2, -0.15) is 0 Å². The van der Waals surface area contributed by atoms with Crippen molar-refractivity contribution in [3.8, 4) is 0 Å². The van der Waals surface area contributed by atoms with E-state index in [2.05, 4.69) is 21.7 Å². The van der Waals surface area contributed by atoms with E-state index in [0.717, 1.165) is 12.5 Å². The topological polar surface area (TPSA) is 30.0 Å². The van der Waals surface area contributed by atoms with Crippen LogP contribution in [0.5, 0.6) is 0 Å². The first-order valence-corrected chi connectivity index (χ1v) is 7.02. The monoisotopic (exact) mass is 243 g/mol. The van der Waals surface area contributed by atoms with Crippen LogP contribution in [0.1, 0.15) is 13.8 Å². The molecule has 2 saturated heterocycles. The number of likely N-dealkylation sites (tertiary alicyclic amines) is 1. The molecule has 0 spiro atoms. The molecule has 102 valence electrons. The number of hydrogen-bond acceptors (Lipinski definition) is 4. The Labute approximate surface area is 106 Å². The number of rotatable bonds is 4. The molecule has 0 radical (unpaired) electrons. The predicted octanol–water partition coefficient (Wildman–Crippen LogP) is 0.184. The highest BCUT2D eigenvalue weighted by atomic mass is 16.3. The predicted molar refractivity (Wildman–Crippen MR) is 72.3 cm³/mol. The molecule has 2 rings (SSSR count). The van der Waals surface area contributed by atoms with Gasteiger partial charge in [0.2, 0.25) is 0 Å². The maximum atomic E-state index is 8.78. The first kappa shape index (κ1) is 14.9. The molecule has 0 aromatic heterocycles. The average molecular weight is 243 g/mol. The molecule has 0 amide bonds. The molecule has 1 N–H and O–H groups in total. The highest BCUT2D eigenvalue weighted by Crippen LogP contribution is 2.16. The minimum absolute atomic E-state index is 0.307. The van der Waals surface area contributed by atoms with Crippen molar-refractivity contribution >= 4 is 0 Å². The molecule has 2 heterocycles. The average Bonchev–Trinajstić information content (AvgIpc) is 2.32. The Balaban J connectivity index is 0.000000686. The minimum atomic E-state index is 0.307. The van der Waals surface area contributed by atoms with E-state index < -0.39 is 0 Å². The number of likely N-dealkylation sites (N-methyl/N-ethyl adjacent to an activating group) is 1. The third-order valence-electron chi connectivity index (χ3n) is 3.56. The lowest BCUT2D eigenvalue weighted by Gasteiger charge is -2.43. The van der Waals surface area contributed by atoms with Crippen LogP contribution in [0, 0.1) is 5.92 Å². The molecule has 0 aliphatic carbocycles. The molecule has 4 nitrogen and oxygen atoms in total. The van der Waals surface area contributed by atoms with Gasteiger partial charge in [0, 0.05) is 52.4 Å². The zero-order valence-corrected chi connectivity index (χ0v) is 11.7. The molecule has 0 aromatic carbocycles.